The summed E-state index contributed by atoms with van der Waals surface area (Å²) in [5.41, 5.74) is 4.41. The van der Waals surface area contributed by atoms with E-state index < -0.39 is 12.2 Å². The molecule has 0 radical (unpaired) electrons. The van der Waals surface area contributed by atoms with Crippen LogP contribution in [0.3, 0.4) is 0 Å². The van der Waals surface area contributed by atoms with E-state index in [0.717, 1.165) is 10.0 Å². The number of rotatable bonds is 8. The van der Waals surface area contributed by atoms with Crippen LogP contribution in [0.25, 0.3) is 0 Å². The topological polar surface area (TPSA) is 69.9 Å². The van der Waals surface area contributed by atoms with E-state index in [9.17, 15) is 15.3 Å². The van der Waals surface area contributed by atoms with E-state index in [-0.39, 0.29) is 11.7 Å². The maximum absolute atomic E-state index is 10.2. The van der Waals surface area contributed by atoms with Crippen LogP contribution in [-0.4, -0.2) is 35.1 Å². The molecule has 0 spiro atoms. The number of hydrogen-bond acceptors (Lipinski definition) is 4. The summed E-state index contributed by atoms with van der Waals surface area (Å²) < 4.78 is 5.92. The Bertz CT molecular complexity index is 562. The first-order valence-electron chi connectivity index (χ1n) is 7.61. The van der Waals surface area contributed by atoms with Gasteiger partial charge in [-0.3, -0.25) is 0 Å². The number of phenolic OH excluding ortho intramolecular Hbond substituents is 1. The van der Waals surface area contributed by atoms with Gasteiger partial charge in [0.1, 0.15) is 5.75 Å². The molecule has 0 amide bonds. The lowest BCUT2D eigenvalue weighted by Crippen LogP contribution is -2.16. The molecular formula is C18H25BrO4. The first-order chi connectivity index (χ1) is 10.8. The number of methoxy groups -OCH3 is 1. The zero-order valence-corrected chi connectivity index (χ0v) is 15.4. The van der Waals surface area contributed by atoms with Crippen molar-refractivity contribution in [2.75, 3.05) is 13.7 Å². The Morgan fingerprint density at radius 1 is 1.35 bits per heavy atom. The second-order valence-corrected chi connectivity index (χ2v) is 6.77. The van der Waals surface area contributed by atoms with Gasteiger partial charge in [0.05, 0.1) is 18.8 Å². The van der Waals surface area contributed by atoms with Crippen molar-refractivity contribution in [3.05, 3.63) is 45.6 Å². The number of aliphatic hydroxyl groups is 2. The van der Waals surface area contributed by atoms with Crippen molar-refractivity contribution in [2.24, 2.45) is 5.92 Å². The van der Waals surface area contributed by atoms with Crippen LogP contribution in [0.15, 0.2) is 40.1 Å². The number of aliphatic hydroxyl groups excluding tert-OH is 2. The summed E-state index contributed by atoms with van der Waals surface area (Å²) in [6, 6.07) is 4.94. The van der Waals surface area contributed by atoms with E-state index in [0.29, 0.717) is 25.0 Å². The standard InChI is InChI=1S/C18H25BrO4/c1-12(2)18(22)9-13(11-23-3)5-4-6-16(20)15-10-14(19)7-8-17(15)21/h4,7-8,10,12,16,18,20-22H,6,9,11H2,1-3H3/t5?,16-,18-/m1/s1. The summed E-state index contributed by atoms with van der Waals surface area (Å²) in [4.78, 5) is 0. The van der Waals surface area contributed by atoms with Crippen molar-refractivity contribution in [3.63, 3.8) is 0 Å². The highest BCUT2D eigenvalue weighted by Gasteiger charge is 2.13. The van der Waals surface area contributed by atoms with Crippen molar-refractivity contribution in [1.82, 2.24) is 0 Å². The van der Waals surface area contributed by atoms with Gasteiger partial charge < -0.3 is 20.1 Å². The number of halogens is 1. The Morgan fingerprint density at radius 3 is 2.65 bits per heavy atom. The summed E-state index contributed by atoms with van der Waals surface area (Å²) in [6.45, 7) is 4.30. The Morgan fingerprint density at radius 2 is 2.04 bits per heavy atom. The zero-order valence-electron chi connectivity index (χ0n) is 13.8. The van der Waals surface area contributed by atoms with Crippen molar-refractivity contribution < 1.29 is 20.1 Å². The fourth-order valence-corrected chi connectivity index (χ4v) is 2.43. The third-order valence-corrected chi connectivity index (χ3v) is 4.03. The molecule has 2 atom stereocenters. The van der Waals surface area contributed by atoms with Crippen molar-refractivity contribution in [2.45, 2.75) is 38.9 Å². The van der Waals surface area contributed by atoms with Crippen LogP contribution < -0.4 is 0 Å². The van der Waals surface area contributed by atoms with E-state index in [4.69, 9.17) is 4.74 Å². The highest BCUT2D eigenvalue weighted by atomic mass is 79.9. The molecule has 5 heteroatoms. The smallest absolute Gasteiger partial charge is 0.121 e. The number of hydrogen-bond donors (Lipinski definition) is 3. The second kappa shape index (κ2) is 9.91. The number of aromatic hydroxyl groups is 1. The minimum absolute atomic E-state index is 0.0606. The molecule has 128 valence electrons. The van der Waals surface area contributed by atoms with Crippen LogP contribution in [0, 0.1) is 5.92 Å². The highest BCUT2D eigenvalue weighted by Crippen LogP contribution is 2.29. The molecule has 1 rings (SSSR count). The van der Waals surface area contributed by atoms with Gasteiger partial charge in [0, 0.05) is 30.0 Å². The molecule has 0 saturated heterocycles. The van der Waals surface area contributed by atoms with Crippen LogP contribution >= 0.6 is 15.9 Å². The predicted molar refractivity (Wildman–Crippen MR) is 94.3 cm³/mol. The first-order valence-corrected chi connectivity index (χ1v) is 8.40. The van der Waals surface area contributed by atoms with Gasteiger partial charge in [-0.1, -0.05) is 29.8 Å². The van der Waals surface area contributed by atoms with Gasteiger partial charge in [0.25, 0.3) is 0 Å². The molecule has 0 bridgehead atoms. The largest absolute Gasteiger partial charge is 0.508 e. The SMILES string of the molecule is COCC(=C=CC[C@@H](O)c1cc(Br)ccc1O)C[C@@H](O)C(C)C. The van der Waals surface area contributed by atoms with Crippen molar-refractivity contribution >= 4 is 15.9 Å². The van der Waals surface area contributed by atoms with Crippen LogP contribution in [0.2, 0.25) is 0 Å². The Hall–Kier alpha value is -1.10. The summed E-state index contributed by atoms with van der Waals surface area (Å²) in [7, 11) is 1.60. The second-order valence-electron chi connectivity index (χ2n) is 5.86. The molecule has 3 N–H and O–H groups in total. The number of ether oxygens (including phenoxy) is 1. The maximum Gasteiger partial charge on any atom is 0.121 e. The monoisotopic (exact) mass is 384 g/mol. The molecule has 23 heavy (non-hydrogen) atoms. The summed E-state index contributed by atoms with van der Waals surface area (Å²) in [5.74, 6) is 0.221. The van der Waals surface area contributed by atoms with Gasteiger partial charge in [0.15, 0.2) is 0 Å². The fraction of sp³-hybridized carbons (Fsp3) is 0.500. The normalized spacial score (nSPS) is 13.5. The van der Waals surface area contributed by atoms with Gasteiger partial charge in [-0.2, -0.15) is 0 Å². The Kier molecular flexibility index (Phi) is 8.59. The molecule has 0 aromatic heterocycles. The molecular weight excluding hydrogens is 360 g/mol. The molecule has 1 aromatic carbocycles. The molecule has 0 aliphatic carbocycles. The average Bonchev–Trinajstić information content (AvgIpc) is 2.49. The lowest BCUT2D eigenvalue weighted by atomic mass is 9.99. The van der Waals surface area contributed by atoms with Crippen molar-refractivity contribution in [3.8, 4) is 5.75 Å². The minimum atomic E-state index is -0.821. The molecule has 0 aliphatic rings. The number of phenols is 1. The lowest BCUT2D eigenvalue weighted by Gasteiger charge is -2.15. The lowest BCUT2D eigenvalue weighted by molar-refractivity contribution is 0.119. The Balaban J connectivity index is 2.81. The van der Waals surface area contributed by atoms with Gasteiger partial charge in [0.2, 0.25) is 0 Å². The van der Waals surface area contributed by atoms with Crippen LogP contribution in [0.4, 0.5) is 0 Å². The molecule has 0 unspecified atom stereocenters. The van der Waals surface area contributed by atoms with Crippen molar-refractivity contribution in [1.29, 1.82) is 0 Å². The van der Waals surface area contributed by atoms with E-state index in [1.165, 1.54) is 6.07 Å². The van der Waals surface area contributed by atoms with E-state index in [1.54, 1.807) is 25.3 Å². The van der Waals surface area contributed by atoms with Gasteiger partial charge in [-0.15, -0.1) is 5.73 Å². The highest BCUT2D eigenvalue weighted by molar-refractivity contribution is 9.10. The first kappa shape index (κ1) is 19.9. The molecule has 1 aromatic rings. The van der Waals surface area contributed by atoms with Gasteiger partial charge in [-0.05, 0) is 35.8 Å². The quantitative estimate of drug-likeness (QED) is 0.597. The van der Waals surface area contributed by atoms with Crippen LogP contribution in [0.5, 0.6) is 5.75 Å². The fourth-order valence-electron chi connectivity index (χ4n) is 2.06. The molecule has 4 nitrogen and oxygen atoms in total. The van der Waals surface area contributed by atoms with Gasteiger partial charge >= 0.3 is 0 Å². The molecule has 0 fully saturated rings. The van der Waals surface area contributed by atoms with E-state index in [2.05, 4.69) is 21.7 Å². The van der Waals surface area contributed by atoms with Gasteiger partial charge in [-0.25, -0.2) is 0 Å². The molecule has 0 saturated carbocycles. The maximum atomic E-state index is 10.2. The third kappa shape index (κ3) is 6.90. The van der Waals surface area contributed by atoms with E-state index in [1.807, 2.05) is 13.8 Å². The zero-order chi connectivity index (χ0) is 17.4. The minimum Gasteiger partial charge on any atom is -0.508 e. The summed E-state index contributed by atoms with van der Waals surface area (Å²) >= 11 is 3.32. The third-order valence-electron chi connectivity index (χ3n) is 3.54. The number of benzene rings is 1. The Labute approximate surface area is 146 Å². The summed E-state index contributed by atoms with van der Waals surface area (Å²) in [6.07, 6.45) is 1.25. The molecule has 0 heterocycles. The van der Waals surface area contributed by atoms with Crippen LogP contribution in [-0.2, 0) is 4.74 Å². The predicted octanol–water partition coefficient (Wildman–Crippen LogP) is 3.71. The average molecular weight is 385 g/mol. The summed E-state index contributed by atoms with van der Waals surface area (Å²) in [5, 5.41) is 30.0. The van der Waals surface area contributed by atoms with Crippen LogP contribution in [0.1, 0.15) is 38.4 Å². The molecule has 0 aliphatic heterocycles. The van der Waals surface area contributed by atoms with E-state index >= 15 is 0 Å².